The first-order chi connectivity index (χ1) is 10.4. The van der Waals surface area contributed by atoms with Gasteiger partial charge in [0.05, 0.1) is 5.56 Å². The maximum absolute atomic E-state index is 12.5. The van der Waals surface area contributed by atoms with Gasteiger partial charge in [-0.15, -0.1) is 0 Å². The molecule has 0 radical (unpaired) electrons. The van der Waals surface area contributed by atoms with E-state index in [0.717, 1.165) is 0 Å². The van der Waals surface area contributed by atoms with Crippen molar-refractivity contribution < 1.29 is 19.4 Å². The largest absolute Gasteiger partial charge is 0.373 e. The van der Waals surface area contributed by atoms with E-state index in [1.807, 2.05) is 6.07 Å². The van der Waals surface area contributed by atoms with Gasteiger partial charge >= 0.3 is 5.97 Å². The highest BCUT2D eigenvalue weighted by molar-refractivity contribution is 6.14. The Balaban J connectivity index is 2.27. The molecule has 0 aromatic heterocycles. The SMILES string of the molecule is CC(C)(C)OOC(=O)c1ccccc1C(=O)c1ccccc1. The molecule has 0 fully saturated rings. The molecule has 0 unspecified atom stereocenters. The van der Waals surface area contributed by atoms with Crippen LogP contribution < -0.4 is 0 Å². The van der Waals surface area contributed by atoms with Crippen molar-refractivity contribution in [3.63, 3.8) is 0 Å². The third-order valence-electron chi connectivity index (χ3n) is 2.79. The molecule has 0 aliphatic rings. The highest BCUT2D eigenvalue weighted by Gasteiger charge is 2.22. The van der Waals surface area contributed by atoms with E-state index >= 15 is 0 Å². The number of carbonyl (C=O) groups excluding carboxylic acids is 2. The zero-order valence-corrected chi connectivity index (χ0v) is 12.8. The summed E-state index contributed by atoms with van der Waals surface area (Å²) in [6.07, 6.45) is 0. The van der Waals surface area contributed by atoms with E-state index in [1.165, 1.54) is 0 Å². The van der Waals surface area contributed by atoms with E-state index in [2.05, 4.69) is 0 Å². The first-order valence-electron chi connectivity index (χ1n) is 6.97. The number of hydrogen-bond acceptors (Lipinski definition) is 4. The van der Waals surface area contributed by atoms with Gasteiger partial charge < -0.3 is 0 Å². The molecule has 4 nitrogen and oxygen atoms in total. The highest BCUT2D eigenvalue weighted by Crippen LogP contribution is 2.17. The minimum absolute atomic E-state index is 0.181. The first kappa shape index (κ1) is 15.9. The van der Waals surface area contributed by atoms with Crippen LogP contribution in [0.2, 0.25) is 0 Å². The number of rotatable bonds is 4. The van der Waals surface area contributed by atoms with Crippen LogP contribution in [0, 0.1) is 0 Å². The van der Waals surface area contributed by atoms with E-state index in [1.54, 1.807) is 69.3 Å². The Bertz CT molecular complexity index is 669. The molecule has 0 heterocycles. The summed E-state index contributed by atoms with van der Waals surface area (Å²) in [5.41, 5.74) is 0.366. The monoisotopic (exact) mass is 298 g/mol. The average Bonchev–Trinajstić information content (AvgIpc) is 2.52. The molecule has 0 aliphatic carbocycles. The molecular formula is C18H18O4. The Labute approximate surface area is 129 Å². The molecule has 0 amide bonds. The van der Waals surface area contributed by atoms with Crippen LogP contribution in [0.1, 0.15) is 47.1 Å². The number of ketones is 1. The fraction of sp³-hybridized carbons (Fsp3) is 0.222. The van der Waals surface area contributed by atoms with Crippen LogP contribution in [0.5, 0.6) is 0 Å². The lowest BCUT2D eigenvalue weighted by molar-refractivity contribution is -0.301. The van der Waals surface area contributed by atoms with Gasteiger partial charge in [0.1, 0.15) is 5.60 Å². The zero-order valence-electron chi connectivity index (χ0n) is 12.8. The van der Waals surface area contributed by atoms with Crippen molar-refractivity contribution in [2.45, 2.75) is 26.4 Å². The Morgan fingerprint density at radius 1 is 0.818 bits per heavy atom. The normalized spacial score (nSPS) is 11.0. The molecule has 0 saturated carbocycles. The molecule has 0 spiro atoms. The van der Waals surface area contributed by atoms with E-state index in [9.17, 15) is 9.59 Å². The van der Waals surface area contributed by atoms with Gasteiger partial charge in [-0.3, -0.25) is 9.68 Å². The lowest BCUT2D eigenvalue weighted by atomic mass is 9.98. The predicted molar refractivity (Wildman–Crippen MR) is 82.6 cm³/mol. The molecule has 0 bridgehead atoms. The predicted octanol–water partition coefficient (Wildman–Crippen LogP) is 3.80. The second kappa shape index (κ2) is 6.54. The molecule has 4 heteroatoms. The number of benzene rings is 2. The summed E-state index contributed by atoms with van der Waals surface area (Å²) >= 11 is 0. The van der Waals surface area contributed by atoms with Crippen molar-refractivity contribution in [1.29, 1.82) is 0 Å². The molecular weight excluding hydrogens is 280 g/mol. The summed E-state index contributed by atoms with van der Waals surface area (Å²) < 4.78 is 0. The minimum Gasteiger partial charge on any atom is -0.292 e. The fourth-order valence-electron chi connectivity index (χ4n) is 1.81. The highest BCUT2D eigenvalue weighted by atomic mass is 17.2. The molecule has 2 aromatic carbocycles. The van der Waals surface area contributed by atoms with Crippen molar-refractivity contribution in [3.8, 4) is 0 Å². The Hall–Kier alpha value is -2.46. The van der Waals surface area contributed by atoms with Gasteiger partial charge in [-0.1, -0.05) is 48.5 Å². The maximum Gasteiger partial charge on any atom is 0.373 e. The van der Waals surface area contributed by atoms with Gasteiger partial charge in [-0.05, 0) is 26.8 Å². The third-order valence-corrected chi connectivity index (χ3v) is 2.79. The molecule has 2 aromatic rings. The Morgan fingerprint density at radius 3 is 1.95 bits per heavy atom. The van der Waals surface area contributed by atoms with Gasteiger partial charge in [0.15, 0.2) is 5.78 Å². The standard InChI is InChI=1S/C18H18O4/c1-18(2,3)22-21-17(20)15-12-8-7-11-14(15)16(19)13-9-5-4-6-10-13/h4-12H,1-3H3. The van der Waals surface area contributed by atoms with Gasteiger partial charge in [0.2, 0.25) is 0 Å². The van der Waals surface area contributed by atoms with Crippen LogP contribution in [-0.4, -0.2) is 17.4 Å². The topological polar surface area (TPSA) is 52.6 Å². The van der Waals surface area contributed by atoms with Crippen LogP contribution in [-0.2, 0) is 9.78 Å². The second-order valence-electron chi connectivity index (χ2n) is 5.81. The van der Waals surface area contributed by atoms with Crippen molar-refractivity contribution in [1.82, 2.24) is 0 Å². The van der Waals surface area contributed by atoms with Crippen LogP contribution >= 0.6 is 0 Å². The average molecular weight is 298 g/mol. The maximum atomic E-state index is 12.5. The first-order valence-corrected chi connectivity index (χ1v) is 6.97. The lowest BCUT2D eigenvalue weighted by Crippen LogP contribution is -2.23. The molecule has 0 saturated heterocycles. The van der Waals surface area contributed by atoms with Crippen molar-refractivity contribution >= 4 is 11.8 Å². The van der Waals surface area contributed by atoms with Crippen molar-refractivity contribution in [3.05, 3.63) is 71.3 Å². The summed E-state index contributed by atoms with van der Waals surface area (Å²) in [5.74, 6) is -0.918. The van der Waals surface area contributed by atoms with Crippen LogP contribution in [0.4, 0.5) is 0 Å². The van der Waals surface area contributed by atoms with E-state index in [-0.39, 0.29) is 16.9 Å². The molecule has 0 atom stereocenters. The second-order valence-corrected chi connectivity index (χ2v) is 5.81. The van der Waals surface area contributed by atoms with Crippen LogP contribution in [0.25, 0.3) is 0 Å². The van der Waals surface area contributed by atoms with Crippen molar-refractivity contribution in [2.75, 3.05) is 0 Å². The van der Waals surface area contributed by atoms with Crippen LogP contribution in [0.3, 0.4) is 0 Å². The fourth-order valence-corrected chi connectivity index (χ4v) is 1.81. The van der Waals surface area contributed by atoms with Crippen LogP contribution in [0.15, 0.2) is 54.6 Å². The molecule has 0 aliphatic heterocycles. The lowest BCUT2D eigenvalue weighted by Gasteiger charge is -2.17. The summed E-state index contributed by atoms with van der Waals surface area (Å²) in [6, 6.07) is 15.3. The third kappa shape index (κ3) is 4.02. The van der Waals surface area contributed by atoms with Gasteiger partial charge in [0.25, 0.3) is 0 Å². The summed E-state index contributed by atoms with van der Waals surface area (Å²) in [4.78, 5) is 34.5. The quantitative estimate of drug-likeness (QED) is 0.489. The zero-order chi connectivity index (χ0) is 16.2. The molecule has 2 rings (SSSR count). The van der Waals surface area contributed by atoms with E-state index < -0.39 is 11.6 Å². The van der Waals surface area contributed by atoms with Gasteiger partial charge in [-0.2, -0.15) is 4.89 Å². The van der Waals surface area contributed by atoms with E-state index in [4.69, 9.17) is 9.78 Å². The summed E-state index contributed by atoms with van der Waals surface area (Å²) in [7, 11) is 0. The Morgan fingerprint density at radius 2 is 1.36 bits per heavy atom. The Kier molecular flexibility index (Phi) is 4.73. The van der Waals surface area contributed by atoms with Gasteiger partial charge in [-0.25, -0.2) is 4.79 Å². The van der Waals surface area contributed by atoms with Gasteiger partial charge in [0, 0.05) is 11.1 Å². The number of hydrogen-bond donors (Lipinski definition) is 0. The van der Waals surface area contributed by atoms with Crippen molar-refractivity contribution in [2.24, 2.45) is 0 Å². The minimum atomic E-state index is -0.685. The molecule has 22 heavy (non-hydrogen) atoms. The number of carbonyl (C=O) groups is 2. The molecule has 0 N–H and O–H groups in total. The summed E-state index contributed by atoms with van der Waals surface area (Å²) in [5, 5.41) is 0. The molecule has 114 valence electrons. The smallest absolute Gasteiger partial charge is 0.292 e. The van der Waals surface area contributed by atoms with E-state index in [0.29, 0.717) is 5.56 Å². The summed E-state index contributed by atoms with van der Waals surface area (Å²) in [6.45, 7) is 5.30.